The van der Waals surface area contributed by atoms with Gasteiger partial charge < -0.3 is 9.80 Å². The fourth-order valence-corrected chi connectivity index (χ4v) is 2.97. The number of Topliss-reactive ketones (excluding diaryl/α,β-unsaturated/α-hetero) is 1. The maximum absolute atomic E-state index is 12.1. The van der Waals surface area contributed by atoms with E-state index in [2.05, 4.69) is 16.8 Å². The van der Waals surface area contributed by atoms with Crippen LogP contribution >= 0.6 is 0 Å². The maximum Gasteiger partial charge on any atom is 0.137 e. The number of carbonyl (C=O) groups is 1. The Bertz CT molecular complexity index is 241. The third kappa shape index (κ3) is 4.07. The molecule has 2 aliphatic rings. The molecule has 0 N–H and O–H groups in total. The lowest BCUT2D eigenvalue weighted by Crippen LogP contribution is -2.45. The molecular formula is C14H26N2O. The first kappa shape index (κ1) is 13.0. The molecule has 98 valence electrons. The molecule has 0 aromatic rings. The van der Waals surface area contributed by atoms with Crippen molar-refractivity contribution in [2.24, 2.45) is 5.92 Å². The lowest BCUT2D eigenvalue weighted by molar-refractivity contribution is -0.124. The standard InChI is InChI=1S/C14H26N2O/c1-15-9-11-16(12-10-15)8-7-14(17)13-5-3-2-4-6-13/h13H,2-12H2,1H3. The van der Waals surface area contributed by atoms with Crippen molar-refractivity contribution in [2.45, 2.75) is 38.5 Å². The van der Waals surface area contributed by atoms with Crippen molar-refractivity contribution in [3.05, 3.63) is 0 Å². The average Bonchev–Trinajstić information content (AvgIpc) is 2.39. The van der Waals surface area contributed by atoms with Crippen LogP contribution in [0.25, 0.3) is 0 Å². The van der Waals surface area contributed by atoms with E-state index >= 15 is 0 Å². The van der Waals surface area contributed by atoms with Gasteiger partial charge in [-0.3, -0.25) is 4.79 Å². The molecule has 17 heavy (non-hydrogen) atoms. The predicted octanol–water partition coefficient (Wildman–Crippen LogP) is 1.77. The van der Waals surface area contributed by atoms with Gasteiger partial charge in [-0.15, -0.1) is 0 Å². The van der Waals surface area contributed by atoms with Crippen molar-refractivity contribution in [3.63, 3.8) is 0 Å². The van der Waals surface area contributed by atoms with E-state index in [0.29, 0.717) is 11.7 Å². The van der Waals surface area contributed by atoms with Gasteiger partial charge in [-0.05, 0) is 19.9 Å². The summed E-state index contributed by atoms with van der Waals surface area (Å²) >= 11 is 0. The zero-order chi connectivity index (χ0) is 12.1. The smallest absolute Gasteiger partial charge is 0.137 e. The van der Waals surface area contributed by atoms with Crippen LogP contribution in [0.3, 0.4) is 0 Å². The van der Waals surface area contributed by atoms with Gasteiger partial charge in [-0.2, -0.15) is 0 Å². The van der Waals surface area contributed by atoms with E-state index in [-0.39, 0.29) is 0 Å². The fraction of sp³-hybridized carbons (Fsp3) is 0.929. The van der Waals surface area contributed by atoms with E-state index in [0.717, 1.165) is 52.0 Å². The molecule has 1 saturated heterocycles. The minimum absolute atomic E-state index is 0.399. The normalized spacial score (nSPS) is 25.0. The van der Waals surface area contributed by atoms with E-state index in [9.17, 15) is 4.79 Å². The summed E-state index contributed by atoms with van der Waals surface area (Å²) in [5.74, 6) is 0.930. The lowest BCUT2D eigenvalue weighted by Gasteiger charge is -2.32. The number of hydrogen-bond acceptors (Lipinski definition) is 3. The molecule has 1 heterocycles. The SMILES string of the molecule is CN1CCN(CCC(=O)C2CCCCC2)CC1. The molecule has 0 amide bonds. The number of rotatable bonds is 4. The lowest BCUT2D eigenvalue weighted by atomic mass is 9.85. The highest BCUT2D eigenvalue weighted by Gasteiger charge is 2.22. The van der Waals surface area contributed by atoms with Crippen molar-refractivity contribution >= 4 is 5.78 Å². The molecule has 0 aromatic carbocycles. The Kier molecular flexibility index (Phi) is 4.99. The van der Waals surface area contributed by atoms with Crippen LogP contribution in [0.4, 0.5) is 0 Å². The summed E-state index contributed by atoms with van der Waals surface area (Å²) < 4.78 is 0. The first-order valence-corrected chi connectivity index (χ1v) is 7.19. The predicted molar refractivity (Wildman–Crippen MR) is 70.1 cm³/mol. The van der Waals surface area contributed by atoms with Crippen LogP contribution in [-0.2, 0) is 4.79 Å². The van der Waals surface area contributed by atoms with E-state index in [1.807, 2.05) is 0 Å². The molecule has 3 nitrogen and oxygen atoms in total. The van der Waals surface area contributed by atoms with E-state index in [4.69, 9.17) is 0 Å². The first-order valence-electron chi connectivity index (χ1n) is 7.19. The summed E-state index contributed by atoms with van der Waals surface area (Å²) in [7, 11) is 2.17. The molecule has 1 aliphatic heterocycles. The average molecular weight is 238 g/mol. The first-order chi connectivity index (χ1) is 8.25. The summed E-state index contributed by atoms with van der Waals surface area (Å²) in [6.07, 6.45) is 6.97. The molecule has 0 unspecified atom stereocenters. The topological polar surface area (TPSA) is 23.6 Å². The van der Waals surface area contributed by atoms with Crippen LogP contribution in [0, 0.1) is 5.92 Å². The van der Waals surface area contributed by atoms with Gasteiger partial charge in [0.05, 0.1) is 0 Å². The molecule has 0 radical (unpaired) electrons. The van der Waals surface area contributed by atoms with E-state index in [1.165, 1.54) is 19.3 Å². The molecule has 1 saturated carbocycles. The van der Waals surface area contributed by atoms with Gasteiger partial charge in [0.1, 0.15) is 5.78 Å². The monoisotopic (exact) mass is 238 g/mol. The molecule has 0 bridgehead atoms. The van der Waals surface area contributed by atoms with Gasteiger partial charge in [-0.25, -0.2) is 0 Å². The second-order valence-electron chi connectivity index (χ2n) is 5.70. The number of likely N-dealkylation sites (N-methyl/N-ethyl adjacent to an activating group) is 1. The van der Waals surface area contributed by atoms with Gasteiger partial charge in [0, 0.05) is 45.1 Å². The minimum atomic E-state index is 0.399. The Morgan fingerprint density at radius 1 is 1.06 bits per heavy atom. The third-order valence-corrected chi connectivity index (χ3v) is 4.33. The van der Waals surface area contributed by atoms with Gasteiger partial charge >= 0.3 is 0 Å². The second-order valence-corrected chi connectivity index (χ2v) is 5.70. The summed E-state index contributed by atoms with van der Waals surface area (Å²) in [6.45, 7) is 5.56. The Balaban J connectivity index is 1.65. The molecular weight excluding hydrogens is 212 g/mol. The molecule has 0 atom stereocenters. The van der Waals surface area contributed by atoms with Crippen molar-refractivity contribution < 1.29 is 4.79 Å². The van der Waals surface area contributed by atoms with Crippen molar-refractivity contribution in [1.82, 2.24) is 9.80 Å². The Hall–Kier alpha value is -0.410. The van der Waals surface area contributed by atoms with Crippen molar-refractivity contribution in [1.29, 1.82) is 0 Å². The molecule has 3 heteroatoms. The van der Waals surface area contributed by atoms with Crippen LogP contribution in [0.2, 0.25) is 0 Å². The zero-order valence-electron chi connectivity index (χ0n) is 11.2. The summed E-state index contributed by atoms with van der Waals surface area (Å²) in [5.41, 5.74) is 0. The fourth-order valence-electron chi connectivity index (χ4n) is 2.97. The zero-order valence-corrected chi connectivity index (χ0v) is 11.2. The van der Waals surface area contributed by atoms with Gasteiger partial charge in [-0.1, -0.05) is 19.3 Å². The maximum atomic E-state index is 12.1. The molecule has 0 spiro atoms. The largest absolute Gasteiger partial charge is 0.304 e. The highest BCUT2D eigenvalue weighted by Crippen LogP contribution is 2.25. The number of piperazine rings is 1. The van der Waals surface area contributed by atoms with Crippen LogP contribution < -0.4 is 0 Å². The summed E-state index contributed by atoms with van der Waals surface area (Å²) in [4.78, 5) is 16.9. The van der Waals surface area contributed by atoms with Gasteiger partial charge in [0.25, 0.3) is 0 Å². The van der Waals surface area contributed by atoms with Crippen LogP contribution in [0.1, 0.15) is 38.5 Å². The van der Waals surface area contributed by atoms with E-state index in [1.54, 1.807) is 0 Å². The number of ketones is 1. The van der Waals surface area contributed by atoms with Crippen LogP contribution in [0.5, 0.6) is 0 Å². The molecule has 0 aromatic heterocycles. The van der Waals surface area contributed by atoms with Crippen molar-refractivity contribution in [2.75, 3.05) is 39.8 Å². The van der Waals surface area contributed by atoms with Crippen LogP contribution in [0.15, 0.2) is 0 Å². The molecule has 2 fully saturated rings. The number of carbonyl (C=O) groups excluding carboxylic acids is 1. The summed E-state index contributed by atoms with van der Waals surface area (Å²) in [6, 6.07) is 0. The molecule has 1 aliphatic carbocycles. The molecule has 2 rings (SSSR count). The highest BCUT2D eigenvalue weighted by molar-refractivity contribution is 5.81. The van der Waals surface area contributed by atoms with E-state index < -0.39 is 0 Å². The van der Waals surface area contributed by atoms with Crippen LogP contribution in [-0.4, -0.2) is 55.4 Å². The number of nitrogens with zero attached hydrogens (tertiary/aromatic N) is 2. The Morgan fingerprint density at radius 2 is 1.71 bits per heavy atom. The Labute approximate surface area is 105 Å². The van der Waals surface area contributed by atoms with Gasteiger partial charge in [0.2, 0.25) is 0 Å². The van der Waals surface area contributed by atoms with Gasteiger partial charge in [0.15, 0.2) is 0 Å². The third-order valence-electron chi connectivity index (χ3n) is 4.33. The van der Waals surface area contributed by atoms with Crippen molar-refractivity contribution in [3.8, 4) is 0 Å². The quantitative estimate of drug-likeness (QED) is 0.746. The Morgan fingerprint density at radius 3 is 2.35 bits per heavy atom. The minimum Gasteiger partial charge on any atom is -0.304 e. The number of hydrogen-bond donors (Lipinski definition) is 0. The highest BCUT2D eigenvalue weighted by atomic mass is 16.1. The summed E-state index contributed by atoms with van der Waals surface area (Å²) in [5, 5.41) is 0. The second kappa shape index (κ2) is 6.50.